The van der Waals surface area contributed by atoms with Crippen molar-refractivity contribution in [2.45, 2.75) is 91.9 Å². The fourth-order valence-electron chi connectivity index (χ4n) is 4.59. The molecule has 0 unspecified atom stereocenters. The van der Waals surface area contributed by atoms with Crippen molar-refractivity contribution < 1.29 is 23.4 Å². The van der Waals surface area contributed by atoms with Crippen molar-refractivity contribution in [1.29, 1.82) is 0 Å². The van der Waals surface area contributed by atoms with Crippen LogP contribution in [0.15, 0.2) is 81.0 Å². The molecular weight excluding hydrogens is 528 g/mol. The average Bonchev–Trinajstić information content (AvgIpc) is 2.98. The molecule has 2 aromatic carbocycles. The normalized spacial score (nSPS) is 11.4. The Morgan fingerprint density at radius 1 is 0.810 bits per heavy atom. The topological polar surface area (TPSA) is 75.0 Å². The minimum absolute atomic E-state index is 0.0496. The molecule has 6 nitrogen and oxygen atoms in total. The summed E-state index contributed by atoms with van der Waals surface area (Å²) in [6.07, 6.45) is 15.3. The minimum Gasteiger partial charge on any atom is -0.486 e. The lowest BCUT2D eigenvalue weighted by Gasteiger charge is -2.14. The summed E-state index contributed by atoms with van der Waals surface area (Å²) in [4.78, 5) is 26.2. The SMILES string of the molecule is CCCCCCCCCCOc1c(OC(=O)c2ccccc2)c2cccc(OCC=C(C)CCC=C(C)C)c2oc1=O. The monoisotopic (exact) mass is 574 g/mol. The van der Waals surface area contributed by atoms with Gasteiger partial charge in [0.05, 0.1) is 17.6 Å². The van der Waals surface area contributed by atoms with Crippen molar-refractivity contribution in [3.63, 3.8) is 0 Å². The van der Waals surface area contributed by atoms with Crippen LogP contribution in [0.1, 0.15) is 102 Å². The number of allylic oxidation sites excluding steroid dienone is 3. The third kappa shape index (κ3) is 10.6. The molecule has 0 amide bonds. The first-order valence-electron chi connectivity index (χ1n) is 15.3. The number of benzene rings is 2. The van der Waals surface area contributed by atoms with E-state index in [1.807, 2.05) is 12.1 Å². The van der Waals surface area contributed by atoms with Crippen LogP contribution in [0.2, 0.25) is 0 Å². The Bertz CT molecular complexity index is 1380. The summed E-state index contributed by atoms with van der Waals surface area (Å²) in [5.74, 6) is -0.235. The van der Waals surface area contributed by atoms with Gasteiger partial charge in [0.2, 0.25) is 5.75 Å². The molecule has 0 fully saturated rings. The first-order valence-corrected chi connectivity index (χ1v) is 15.3. The van der Waals surface area contributed by atoms with Crippen molar-refractivity contribution in [3.05, 3.63) is 87.8 Å². The Balaban J connectivity index is 1.79. The maximum atomic E-state index is 13.2. The zero-order valence-corrected chi connectivity index (χ0v) is 25.7. The van der Waals surface area contributed by atoms with E-state index in [-0.39, 0.29) is 17.1 Å². The van der Waals surface area contributed by atoms with E-state index in [4.69, 9.17) is 18.6 Å². The number of unbranched alkanes of at least 4 members (excludes halogenated alkanes) is 7. The van der Waals surface area contributed by atoms with Crippen LogP contribution >= 0.6 is 0 Å². The van der Waals surface area contributed by atoms with E-state index in [0.717, 1.165) is 32.1 Å². The fourth-order valence-corrected chi connectivity index (χ4v) is 4.59. The summed E-state index contributed by atoms with van der Waals surface area (Å²) >= 11 is 0. The number of esters is 1. The van der Waals surface area contributed by atoms with Gasteiger partial charge in [0.15, 0.2) is 17.1 Å². The van der Waals surface area contributed by atoms with Crippen molar-refractivity contribution >= 4 is 16.9 Å². The molecule has 0 atom stereocenters. The Labute approximate surface area is 250 Å². The highest BCUT2D eigenvalue weighted by Gasteiger charge is 2.23. The molecule has 1 heterocycles. The highest BCUT2D eigenvalue weighted by Crippen LogP contribution is 2.37. The van der Waals surface area contributed by atoms with Gasteiger partial charge in [-0.1, -0.05) is 93.4 Å². The molecule has 1 aromatic heterocycles. The molecule has 0 aliphatic rings. The first kappa shape index (κ1) is 32.7. The highest BCUT2D eigenvalue weighted by atomic mass is 16.6. The summed E-state index contributed by atoms with van der Waals surface area (Å²) in [6, 6.07) is 13.9. The Morgan fingerprint density at radius 2 is 1.52 bits per heavy atom. The van der Waals surface area contributed by atoms with Crippen LogP contribution < -0.4 is 19.8 Å². The van der Waals surface area contributed by atoms with E-state index in [1.54, 1.807) is 42.5 Å². The van der Waals surface area contributed by atoms with E-state index in [1.165, 1.54) is 43.3 Å². The minimum atomic E-state index is -0.706. The van der Waals surface area contributed by atoms with Crippen molar-refractivity contribution in [1.82, 2.24) is 0 Å². The zero-order chi connectivity index (χ0) is 30.2. The standard InChI is InChI=1S/C36H46O6/c1-5-6-7-8-9-10-11-15-25-40-34-33(42-35(37)29-20-13-12-14-21-29)30-22-17-23-31(32(30)41-36(34)38)39-26-24-28(4)19-16-18-27(2)3/h12-14,17-18,20-24H,5-11,15-16,19,25-26H2,1-4H3. The van der Waals surface area contributed by atoms with Gasteiger partial charge < -0.3 is 18.6 Å². The largest absolute Gasteiger partial charge is 0.486 e. The Hall–Kier alpha value is -3.80. The maximum Gasteiger partial charge on any atom is 0.383 e. The van der Waals surface area contributed by atoms with Crippen LogP contribution in [0, 0.1) is 0 Å². The maximum absolute atomic E-state index is 13.2. The number of hydrogen-bond acceptors (Lipinski definition) is 6. The second-order valence-corrected chi connectivity index (χ2v) is 10.9. The van der Waals surface area contributed by atoms with Gasteiger partial charge in [0, 0.05) is 0 Å². The van der Waals surface area contributed by atoms with E-state index < -0.39 is 11.6 Å². The van der Waals surface area contributed by atoms with E-state index in [0.29, 0.717) is 29.9 Å². The van der Waals surface area contributed by atoms with Crippen LogP contribution in [0.3, 0.4) is 0 Å². The summed E-state index contributed by atoms with van der Waals surface area (Å²) in [5, 5.41) is 0.437. The molecule has 0 N–H and O–H groups in total. The lowest BCUT2D eigenvalue weighted by atomic mass is 10.1. The third-order valence-corrected chi connectivity index (χ3v) is 7.02. The van der Waals surface area contributed by atoms with Crippen LogP contribution in [0.25, 0.3) is 11.0 Å². The summed E-state index contributed by atoms with van der Waals surface area (Å²) in [5.41, 5.74) is 2.39. The Morgan fingerprint density at radius 3 is 2.24 bits per heavy atom. The van der Waals surface area contributed by atoms with Crippen molar-refractivity contribution in [2.24, 2.45) is 0 Å². The number of hydrogen-bond donors (Lipinski definition) is 0. The predicted molar refractivity (Wildman–Crippen MR) is 170 cm³/mol. The Kier molecular flexibility index (Phi) is 13.9. The zero-order valence-electron chi connectivity index (χ0n) is 25.7. The molecule has 0 saturated heterocycles. The smallest absolute Gasteiger partial charge is 0.383 e. The van der Waals surface area contributed by atoms with E-state index >= 15 is 0 Å². The number of rotatable bonds is 18. The number of carbonyl (C=O) groups is 1. The molecule has 42 heavy (non-hydrogen) atoms. The third-order valence-electron chi connectivity index (χ3n) is 7.02. The molecule has 3 rings (SSSR count). The molecule has 0 saturated carbocycles. The summed E-state index contributed by atoms with van der Waals surface area (Å²) in [7, 11) is 0. The van der Waals surface area contributed by atoms with Gasteiger partial charge in [-0.25, -0.2) is 9.59 Å². The van der Waals surface area contributed by atoms with Gasteiger partial charge >= 0.3 is 11.6 Å². The summed E-state index contributed by atoms with van der Waals surface area (Å²) in [6.45, 7) is 9.12. The van der Waals surface area contributed by atoms with Crippen LogP contribution in [-0.4, -0.2) is 19.2 Å². The van der Waals surface area contributed by atoms with E-state index in [2.05, 4.69) is 33.8 Å². The molecular formula is C36H46O6. The molecule has 226 valence electrons. The molecule has 0 radical (unpaired) electrons. The number of fused-ring (bicyclic) bond motifs is 1. The number of para-hydroxylation sites is 1. The number of ether oxygens (including phenoxy) is 3. The first-order chi connectivity index (χ1) is 20.4. The quantitative estimate of drug-likeness (QED) is 0.0652. The van der Waals surface area contributed by atoms with Gasteiger partial charge in [0.25, 0.3) is 0 Å². The van der Waals surface area contributed by atoms with Gasteiger partial charge in [-0.3, -0.25) is 0 Å². The molecule has 0 aliphatic heterocycles. The number of carbonyl (C=O) groups excluding carboxylic acids is 1. The molecule has 0 spiro atoms. The van der Waals surface area contributed by atoms with Gasteiger partial charge in [-0.15, -0.1) is 0 Å². The van der Waals surface area contributed by atoms with Crippen LogP contribution in [0.5, 0.6) is 17.2 Å². The second-order valence-electron chi connectivity index (χ2n) is 10.9. The lowest BCUT2D eigenvalue weighted by molar-refractivity contribution is 0.0729. The van der Waals surface area contributed by atoms with E-state index in [9.17, 15) is 9.59 Å². The highest BCUT2D eigenvalue weighted by molar-refractivity contribution is 5.96. The van der Waals surface area contributed by atoms with Gasteiger partial charge in [-0.2, -0.15) is 0 Å². The molecule has 6 heteroatoms. The van der Waals surface area contributed by atoms with Crippen molar-refractivity contribution in [2.75, 3.05) is 13.2 Å². The summed E-state index contributed by atoms with van der Waals surface area (Å²) < 4.78 is 23.5. The predicted octanol–water partition coefficient (Wildman–Crippen LogP) is 9.60. The van der Waals surface area contributed by atoms with Crippen LogP contribution in [-0.2, 0) is 0 Å². The van der Waals surface area contributed by atoms with Gasteiger partial charge in [-0.05, 0) is 70.4 Å². The van der Waals surface area contributed by atoms with Gasteiger partial charge in [0.1, 0.15) is 6.61 Å². The lowest BCUT2D eigenvalue weighted by Crippen LogP contribution is -2.15. The second kappa shape index (κ2) is 17.9. The van der Waals surface area contributed by atoms with Crippen molar-refractivity contribution in [3.8, 4) is 17.2 Å². The molecule has 0 bridgehead atoms. The average molecular weight is 575 g/mol. The fraction of sp³-hybridized carbons (Fsp3) is 0.444. The van der Waals surface area contributed by atoms with Crippen LogP contribution in [0.4, 0.5) is 0 Å². The molecule has 3 aromatic rings. The molecule has 0 aliphatic carbocycles.